The van der Waals surface area contributed by atoms with E-state index in [-0.39, 0.29) is 40.1 Å². The van der Waals surface area contributed by atoms with Crippen LogP contribution in [0.1, 0.15) is 15.9 Å². The van der Waals surface area contributed by atoms with E-state index in [2.05, 4.69) is 4.72 Å². The summed E-state index contributed by atoms with van der Waals surface area (Å²) in [7, 11) is -6.30. The van der Waals surface area contributed by atoms with Crippen LogP contribution in [0.5, 0.6) is 0 Å². The number of carbonyl (C=O) groups is 1. The minimum Gasteiger partial charge on any atom is -0.457 e. The van der Waals surface area contributed by atoms with Crippen LogP contribution in [0.2, 0.25) is 5.02 Å². The smallest absolute Gasteiger partial charge is 0.338 e. The maximum Gasteiger partial charge on any atom is 0.338 e. The van der Waals surface area contributed by atoms with Crippen LogP contribution in [-0.2, 0) is 36.1 Å². The highest BCUT2D eigenvalue weighted by Crippen LogP contribution is 2.23. The van der Waals surface area contributed by atoms with Crippen LogP contribution in [0.15, 0.2) is 52.3 Å². The second-order valence-electron chi connectivity index (χ2n) is 6.59. The van der Waals surface area contributed by atoms with Crippen LogP contribution in [0.4, 0.5) is 0 Å². The summed E-state index contributed by atoms with van der Waals surface area (Å²) in [5.41, 5.74) is 0.468. The molecule has 168 valence electrons. The second kappa shape index (κ2) is 9.63. The minimum atomic E-state index is -3.85. The molecular weight excluding hydrogens is 468 g/mol. The van der Waals surface area contributed by atoms with Gasteiger partial charge in [-0.25, -0.2) is 26.4 Å². The largest absolute Gasteiger partial charge is 0.457 e. The van der Waals surface area contributed by atoms with Gasteiger partial charge in [-0.15, -0.1) is 0 Å². The number of benzene rings is 2. The van der Waals surface area contributed by atoms with Crippen molar-refractivity contribution in [3.05, 3.63) is 58.6 Å². The second-order valence-corrected chi connectivity index (χ2v) is 10.8. The maximum absolute atomic E-state index is 12.8. The molecule has 2 aromatic rings. The molecule has 0 amide bonds. The lowest BCUT2D eigenvalue weighted by Crippen LogP contribution is -2.40. The molecule has 12 heteroatoms. The number of carbonyl (C=O) groups excluding carboxylic acids is 1. The summed E-state index contributed by atoms with van der Waals surface area (Å²) in [6, 6.07) is 9.87. The standard InChI is InChI=1S/C19H21ClN2O7S2/c1-21-30(24,25)18-12-15(5-6-17(18)20)19(23)29-13-14-3-2-4-16(11-14)31(26,27)22-7-9-28-10-8-22/h2-6,11-12,21H,7-10,13H2,1H3. The fourth-order valence-electron chi connectivity index (χ4n) is 2.91. The first kappa shape index (κ1) is 23.6. The Labute approximate surface area is 186 Å². The van der Waals surface area contributed by atoms with Gasteiger partial charge < -0.3 is 9.47 Å². The van der Waals surface area contributed by atoms with Gasteiger partial charge in [0, 0.05) is 13.1 Å². The number of rotatable bonds is 7. The SMILES string of the molecule is CNS(=O)(=O)c1cc(C(=O)OCc2cccc(S(=O)(=O)N3CCOCC3)c2)ccc1Cl. The normalized spacial score (nSPS) is 15.5. The third-order valence-corrected chi connectivity index (χ3v) is 8.39. The predicted molar refractivity (Wildman–Crippen MR) is 113 cm³/mol. The lowest BCUT2D eigenvalue weighted by molar-refractivity contribution is 0.0472. The van der Waals surface area contributed by atoms with Crippen molar-refractivity contribution >= 4 is 37.6 Å². The Hall–Kier alpha value is -2.02. The molecule has 1 N–H and O–H groups in total. The van der Waals surface area contributed by atoms with Crippen molar-refractivity contribution < 1.29 is 31.1 Å². The number of nitrogens with one attached hydrogen (secondary N) is 1. The van der Waals surface area contributed by atoms with Crippen molar-refractivity contribution in [2.45, 2.75) is 16.4 Å². The molecule has 0 atom stereocenters. The molecule has 1 aliphatic rings. The summed E-state index contributed by atoms with van der Waals surface area (Å²) in [5.74, 6) is -0.773. The van der Waals surface area contributed by atoms with Crippen molar-refractivity contribution in [1.29, 1.82) is 0 Å². The van der Waals surface area contributed by atoms with Crippen LogP contribution in [0.25, 0.3) is 0 Å². The molecule has 1 aliphatic heterocycles. The molecule has 0 radical (unpaired) electrons. The van der Waals surface area contributed by atoms with E-state index in [0.717, 1.165) is 6.07 Å². The van der Waals surface area contributed by atoms with Crippen molar-refractivity contribution in [1.82, 2.24) is 9.03 Å². The average molecular weight is 489 g/mol. The molecule has 1 fully saturated rings. The Morgan fingerprint density at radius 1 is 1.13 bits per heavy atom. The monoisotopic (exact) mass is 488 g/mol. The summed E-state index contributed by atoms with van der Waals surface area (Å²) in [6.07, 6.45) is 0. The molecular formula is C19H21ClN2O7S2. The molecule has 0 spiro atoms. The summed E-state index contributed by atoms with van der Waals surface area (Å²) in [5, 5.41) is -0.0353. The van der Waals surface area contributed by atoms with E-state index in [1.807, 2.05) is 0 Å². The molecule has 0 aromatic heterocycles. The molecule has 0 unspecified atom stereocenters. The molecule has 1 heterocycles. The minimum absolute atomic E-state index is 0.00434. The lowest BCUT2D eigenvalue weighted by atomic mass is 10.2. The maximum atomic E-state index is 12.8. The number of ether oxygens (including phenoxy) is 2. The fourth-order valence-corrected chi connectivity index (χ4v) is 5.64. The van der Waals surface area contributed by atoms with Crippen molar-refractivity contribution in [2.24, 2.45) is 0 Å². The number of morpholine rings is 1. The number of sulfonamides is 2. The number of halogens is 1. The van der Waals surface area contributed by atoms with E-state index in [1.165, 1.54) is 35.6 Å². The predicted octanol–water partition coefficient (Wildman–Crippen LogP) is 1.63. The third kappa shape index (κ3) is 5.43. The fraction of sp³-hybridized carbons (Fsp3) is 0.316. The Morgan fingerprint density at radius 2 is 1.84 bits per heavy atom. The third-order valence-electron chi connectivity index (χ3n) is 4.60. The van der Waals surface area contributed by atoms with E-state index in [4.69, 9.17) is 21.1 Å². The quantitative estimate of drug-likeness (QED) is 0.588. The first-order valence-electron chi connectivity index (χ1n) is 9.22. The summed E-state index contributed by atoms with van der Waals surface area (Å²) in [6.45, 7) is 1.03. The van der Waals surface area contributed by atoms with Gasteiger partial charge in [-0.3, -0.25) is 0 Å². The number of hydrogen-bond acceptors (Lipinski definition) is 7. The molecule has 2 aromatic carbocycles. The summed E-state index contributed by atoms with van der Waals surface area (Å²) in [4.78, 5) is 12.3. The van der Waals surface area contributed by atoms with Crippen molar-refractivity contribution in [3.63, 3.8) is 0 Å². The Morgan fingerprint density at radius 3 is 2.52 bits per heavy atom. The summed E-state index contributed by atoms with van der Waals surface area (Å²) >= 11 is 5.92. The van der Waals surface area contributed by atoms with Gasteiger partial charge in [0.15, 0.2) is 0 Å². The highest BCUT2D eigenvalue weighted by molar-refractivity contribution is 7.89. The van der Waals surface area contributed by atoms with Crippen molar-refractivity contribution in [3.8, 4) is 0 Å². The van der Waals surface area contributed by atoms with Gasteiger partial charge in [0.1, 0.15) is 11.5 Å². The van der Waals surface area contributed by atoms with Crippen molar-refractivity contribution in [2.75, 3.05) is 33.4 Å². The highest BCUT2D eigenvalue weighted by atomic mass is 35.5. The number of esters is 1. The molecule has 9 nitrogen and oxygen atoms in total. The lowest BCUT2D eigenvalue weighted by Gasteiger charge is -2.26. The molecule has 0 saturated carbocycles. The molecule has 31 heavy (non-hydrogen) atoms. The molecule has 0 bridgehead atoms. The Balaban J connectivity index is 1.74. The number of hydrogen-bond donors (Lipinski definition) is 1. The highest BCUT2D eigenvalue weighted by Gasteiger charge is 2.26. The number of nitrogens with zero attached hydrogens (tertiary/aromatic N) is 1. The van der Waals surface area contributed by atoms with E-state index < -0.39 is 26.0 Å². The van der Waals surface area contributed by atoms with Crippen LogP contribution in [0.3, 0.4) is 0 Å². The first-order valence-corrected chi connectivity index (χ1v) is 12.5. The van der Waals surface area contributed by atoms with Gasteiger partial charge in [0.05, 0.1) is 28.7 Å². The van der Waals surface area contributed by atoms with Crippen LogP contribution >= 0.6 is 11.6 Å². The van der Waals surface area contributed by atoms with Gasteiger partial charge in [0.25, 0.3) is 0 Å². The van der Waals surface area contributed by atoms with Crippen LogP contribution < -0.4 is 4.72 Å². The zero-order valence-corrected chi connectivity index (χ0v) is 19.0. The van der Waals surface area contributed by atoms with Gasteiger partial charge in [-0.05, 0) is 42.9 Å². The molecule has 0 aliphatic carbocycles. The first-order chi connectivity index (χ1) is 14.6. The Kier molecular flexibility index (Phi) is 7.35. The molecule has 1 saturated heterocycles. The zero-order valence-electron chi connectivity index (χ0n) is 16.6. The van der Waals surface area contributed by atoms with Gasteiger partial charge in [0.2, 0.25) is 20.0 Å². The van der Waals surface area contributed by atoms with E-state index >= 15 is 0 Å². The average Bonchev–Trinajstić information content (AvgIpc) is 2.78. The van der Waals surface area contributed by atoms with Gasteiger partial charge in [-0.2, -0.15) is 4.31 Å². The van der Waals surface area contributed by atoms with Gasteiger partial charge in [-0.1, -0.05) is 23.7 Å². The van der Waals surface area contributed by atoms with Gasteiger partial charge >= 0.3 is 5.97 Å². The summed E-state index contributed by atoms with van der Waals surface area (Å²) < 4.78 is 63.5. The van der Waals surface area contributed by atoms with E-state index in [9.17, 15) is 21.6 Å². The van der Waals surface area contributed by atoms with E-state index in [1.54, 1.807) is 12.1 Å². The van der Waals surface area contributed by atoms with E-state index in [0.29, 0.717) is 18.8 Å². The zero-order chi connectivity index (χ0) is 22.6. The topological polar surface area (TPSA) is 119 Å². The van der Waals surface area contributed by atoms with Crippen LogP contribution in [0, 0.1) is 0 Å². The molecule has 3 rings (SSSR count). The van der Waals surface area contributed by atoms with Crippen LogP contribution in [-0.4, -0.2) is 60.5 Å². The Bertz CT molecular complexity index is 1180.